The Labute approximate surface area is 119 Å². The van der Waals surface area contributed by atoms with Crippen LogP contribution in [0.1, 0.15) is 15.9 Å². The minimum absolute atomic E-state index is 0.00752. The van der Waals surface area contributed by atoms with E-state index in [1.54, 1.807) is 18.2 Å². The van der Waals surface area contributed by atoms with Crippen LogP contribution in [0.15, 0.2) is 48.5 Å². The van der Waals surface area contributed by atoms with E-state index in [0.29, 0.717) is 5.02 Å². The summed E-state index contributed by atoms with van der Waals surface area (Å²) in [6, 6.07) is 12.0. The Morgan fingerprint density at radius 1 is 1.05 bits per heavy atom. The first kappa shape index (κ1) is 12.8. The van der Waals surface area contributed by atoms with Crippen molar-refractivity contribution in [3.8, 4) is 0 Å². The fourth-order valence-corrected chi connectivity index (χ4v) is 2.41. The topological polar surface area (TPSA) is 46.2 Å². The van der Waals surface area contributed by atoms with Gasteiger partial charge in [-0.2, -0.15) is 0 Å². The lowest BCUT2D eigenvalue weighted by Gasteiger charge is -2.29. The van der Waals surface area contributed by atoms with Gasteiger partial charge in [-0.15, -0.1) is 0 Å². The Morgan fingerprint density at radius 3 is 2.45 bits per heavy atom. The van der Waals surface area contributed by atoms with Crippen molar-refractivity contribution >= 4 is 29.0 Å². The van der Waals surface area contributed by atoms with E-state index in [2.05, 4.69) is 5.32 Å². The molecule has 3 nitrogen and oxygen atoms in total. The van der Waals surface area contributed by atoms with Crippen molar-refractivity contribution in [1.29, 1.82) is 0 Å². The number of ketones is 1. The van der Waals surface area contributed by atoms with Gasteiger partial charge in [-0.1, -0.05) is 41.9 Å². The van der Waals surface area contributed by atoms with Crippen molar-refractivity contribution in [3.05, 3.63) is 64.7 Å². The zero-order valence-electron chi connectivity index (χ0n) is 10.2. The summed E-state index contributed by atoms with van der Waals surface area (Å²) in [5.74, 6) is -1.88. The lowest BCUT2D eigenvalue weighted by atomic mass is 9.83. The highest BCUT2D eigenvalue weighted by atomic mass is 35.5. The fraction of sp³-hybridized carbons (Fsp3) is 0.0667. The van der Waals surface area contributed by atoms with Crippen LogP contribution in [-0.4, -0.2) is 11.7 Å². The molecule has 0 unspecified atom stereocenters. The highest BCUT2D eigenvalue weighted by molar-refractivity contribution is 6.32. The molecule has 1 aliphatic rings. The molecule has 100 valence electrons. The van der Waals surface area contributed by atoms with Gasteiger partial charge in [0, 0.05) is 16.1 Å². The van der Waals surface area contributed by atoms with Crippen molar-refractivity contribution < 1.29 is 14.0 Å². The molecular weight excluding hydrogens is 281 g/mol. The van der Waals surface area contributed by atoms with E-state index in [9.17, 15) is 9.59 Å². The number of rotatable bonds is 1. The number of fused-ring (bicyclic) bond motifs is 1. The lowest BCUT2D eigenvalue weighted by molar-refractivity contribution is -0.125. The molecule has 5 heteroatoms. The van der Waals surface area contributed by atoms with E-state index in [1.807, 2.05) is 0 Å². The maximum atomic E-state index is 15.1. The van der Waals surface area contributed by atoms with Crippen molar-refractivity contribution in [1.82, 2.24) is 0 Å². The first-order valence-corrected chi connectivity index (χ1v) is 6.31. The minimum atomic E-state index is -2.72. The molecule has 0 aromatic heterocycles. The van der Waals surface area contributed by atoms with Gasteiger partial charge < -0.3 is 5.32 Å². The molecule has 0 fully saturated rings. The average Bonchev–Trinajstić information content (AvgIpc) is 2.47. The largest absolute Gasteiger partial charge is 0.322 e. The van der Waals surface area contributed by atoms with Crippen LogP contribution >= 0.6 is 11.6 Å². The van der Waals surface area contributed by atoms with Gasteiger partial charge in [0.25, 0.3) is 11.6 Å². The lowest BCUT2D eigenvalue weighted by Crippen LogP contribution is -2.47. The van der Waals surface area contributed by atoms with Gasteiger partial charge in [0.1, 0.15) is 0 Å². The summed E-state index contributed by atoms with van der Waals surface area (Å²) in [6.45, 7) is 0. The Hall–Kier alpha value is -2.20. The third-order valence-corrected chi connectivity index (χ3v) is 3.51. The zero-order chi connectivity index (χ0) is 14.3. The van der Waals surface area contributed by atoms with Crippen LogP contribution in [0.5, 0.6) is 0 Å². The van der Waals surface area contributed by atoms with Crippen molar-refractivity contribution in [2.24, 2.45) is 0 Å². The van der Waals surface area contributed by atoms with E-state index in [-0.39, 0.29) is 16.8 Å². The number of hydrogen-bond acceptors (Lipinski definition) is 2. The molecule has 1 aliphatic heterocycles. The number of carbonyl (C=O) groups excluding carboxylic acids is 2. The van der Waals surface area contributed by atoms with E-state index in [0.717, 1.165) is 0 Å². The van der Waals surface area contributed by atoms with Crippen LogP contribution < -0.4 is 5.32 Å². The number of halogens is 2. The average molecular weight is 290 g/mol. The summed E-state index contributed by atoms with van der Waals surface area (Å²) in [5.41, 5.74) is -2.37. The van der Waals surface area contributed by atoms with Gasteiger partial charge in [0.05, 0.1) is 5.69 Å². The number of amides is 1. The first-order valence-electron chi connectivity index (χ1n) is 5.93. The number of benzene rings is 2. The van der Waals surface area contributed by atoms with Crippen LogP contribution in [0.2, 0.25) is 5.02 Å². The monoisotopic (exact) mass is 289 g/mol. The van der Waals surface area contributed by atoms with Crippen LogP contribution in [0.4, 0.5) is 10.1 Å². The number of hydrogen-bond donors (Lipinski definition) is 1. The highest BCUT2D eigenvalue weighted by Crippen LogP contribution is 2.38. The van der Waals surface area contributed by atoms with Gasteiger partial charge in [0.15, 0.2) is 0 Å². The Bertz CT molecular complexity index is 717. The van der Waals surface area contributed by atoms with Crippen LogP contribution in [0, 0.1) is 0 Å². The Kier molecular flexibility index (Phi) is 2.83. The number of alkyl halides is 1. The normalized spacial score (nSPS) is 21.3. The third-order valence-electron chi connectivity index (χ3n) is 3.27. The zero-order valence-corrected chi connectivity index (χ0v) is 10.9. The molecular formula is C15H9ClFNO2. The number of Topliss-reactive ketones (excluding diaryl/α,β-unsaturated/α-hetero) is 1. The molecule has 2 aromatic rings. The Balaban J connectivity index is 2.20. The maximum Gasteiger partial charge on any atom is 0.275 e. The summed E-state index contributed by atoms with van der Waals surface area (Å²) in [7, 11) is 0. The predicted molar refractivity (Wildman–Crippen MR) is 73.6 cm³/mol. The molecule has 0 aliphatic carbocycles. The summed E-state index contributed by atoms with van der Waals surface area (Å²) in [5, 5.41) is 2.72. The standard InChI is InChI=1S/C15H9ClFNO2/c16-10-6-7-12-11(8-10)13(19)15(17,14(20)18-12)9-4-2-1-3-5-9/h1-8H,(H,18,20)/t15-/m0/s1. The third kappa shape index (κ3) is 1.72. The molecule has 20 heavy (non-hydrogen) atoms. The Morgan fingerprint density at radius 2 is 1.75 bits per heavy atom. The maximum absolute atomic E-state index is 15.1. The smallest absolute Gasteiger partial charge is 0.275 e. The molecule has 0 saturated heterocycles. The first-order chi connectivity index (χ1) is 9.53. The summed E-state index contributed by atoms with van der Waals surface area (Å²) < 4.78 is 15.1. The van der Waals surface area contributed by atoms with Gasteiger partial charge in [0.2, 0.25) is 5.78 Å². The SMILES string of the molecule is O=C1Nc2ccc(Cl)cc2C(=O)[C@@]1(F)c1ccccc1. The molecule has 1 N–H and O–H groups in total. The quantitative estimate of drug-likeness (QED) is 0.819. The fourth-order valence-electron chi connectivity index (χ4n) is 2.24. The molecule has 1 heterocycles. The second-order valence-electron chi connectivity index (χ2n) is 4.50. The molecule has 0 bridgehead atoms. The molecule has 1 atom stereocenters. The molecule has 1 amide bonds. The van der Waals surface area contributed by atoms with Crippen molar-refractivity contribution in [3.63, 3.8) is 0 Å². The van der Waals surface area contributed by atoms with Crippen molar-refractivity contribution in [2.45, 2.75) is 5.67 Å². The van der Waals surface area contributed by atoms with E-state index >= 15 is 4.39 Å². The predicted octanol–water partition coefficient (Wildman–Crippen LogP) is 3.34. The molecule has 0 saturated carbocycles. The second kappa shape index (κ2) is 4.42. The number of carbonyl (C=O) groups is 2. The van der Waals surface area contributed by atoms with Crippen LogP contribution in [0.3, 0.4) is 0 Å². The summed E-state index contributed by atoms with van der Waals surface area (Å²) >= 11 is 5.83. The van der Waals surface area contributed by atoms with Crippen molar-refractivity contribution in [2.75, 3.05) is 5.32 Å². The molecule has 3 rings (SSSR count). The molecule has 2 aromatic carbocycles. The van der Waals surface area contributed by atoms with Crippen LogP contribution in [0.25, 0.3) is 0 Å². The van der Waals surface area contributed by atoms with E-state index < -0.39 is 17.4 Å². The molecule has 0 radical (unpaired) electrons. The van der Waals surface area contributed by atoms with Gasteiger partial charge in [-0.05, 0) is 18.2 Å². The summed E-state index contributed by atoms with van der Waals surface area (Å²) in [6.07, 6.45) is 0. The van der Waals surface area contributed by atoms with Gasteiger partial charge in [-0.3, -0.25) is 9.59 Å². The second-order valence-corrected chi connectivity index (χ2v) is 4.93. The van der Waals surface area contributed by atoms with E-state index in [1.165, 1.54) is 30.3 Å². The molecule has 0 spiro atoms. The van der Waals surface area contributed by atoms with Crippen LogP contribution in [-0.2, 0) is 10.5 Å². The number of nitrogens with one attached hydrogen (secondary N) is 1. The van der Waals surface area contributed by atoms with Gasteiger partial charge >= 0.3 is 0 Å². The van der Waals surface area contributed by atoms with E-state index in [4.69, 9.17) is 11.6 Å². The number of anilines is 1. The highest BCUT2D eigenvalue weighted by Gasteiger charge is 2.52. The minimum Gasteiger partial charge on any atom is -0.322 e. The van der Waals surface area contributed by atoms with Gasteiger partial charge in [-0.25, -0.2) is 4.39 Å². The summed E-state index contributed by atoms with van der Waals surface area (Å²) in [4.78, 5) is 24.4.